The molecule has 0 heterocycles. The Bertz CT molecular complexity index is 345. The van der Waals surface area contributed by atoms with Crippen molar-refractivity contribution in [1.29, 1.82) is 0 Å². The van der Waals surface area contributed by atoms with Crippen LogP contribution in [0.1, 0.15) is 119 Å². The van der Waals surface area contributed by atoms with Crippen molar-refractivity contribution in [2.24, 2.45) is 17.8 Å². The Balaban J connectivity index is 4.91. The van der Waals surface area contributed by atoms with E-state index in [9.17, 15) is 4.57 Å². The molecule has 176 valence electrons. The molecule has 0 rings (SSSR count). The van der Waals surface area contributed by atoms with E-state index in [4.69, 9.17) is 13.6 Å². The van der Waals surface area contributed by atoms with Gasteiger partial charge in [0.05, 0.1) is 19.8 Å². The highest BCUT2D eigenvalue weighted by atomic mass is 31.2. The van der Waals surface area contributed by atoms with Gasteiger partial charge in [0, 0.05) is 0 Å². The molecule has 5 heteroatoms. The number of hydrogen-bond acceptors (Lipinski definition) is 4. The van der Waals surface area contributed by atoms with Gasteiger partial charge in [0.1, 0.15) is 0 Å². The lowest BCUT2D eigenvalue weighted by atomic mass is 10.0. The van der Waals surface area contributed by atoms with Crippen LogP contribution < -0.4 is 0 Å². The molecule has 0 unspecified atom stereocenters. The van der Waals surface area contributed by atoms with Gasteiger partial charge in [-0.25, -0.2) is 4.57 Å². The summed E-state index contributed by atoms with van der Waals surface area (Å²) in [5.41, 5.74) is 0. The molecule has 0 fully saturated rings. The van der Waals surface area contributed by atoms with E-state index in [-0.39, 0.29) is 0 Å². The lowest BCUT2D eigenvalue weighted by Crippen LogP contribution is -2.16. The molecular formula is C24H51O4P. The number of rotatable bonds is 21. The lowest BCUT2D eigenvalue weighted by molar-refractivity contribution is 0.0732. The highest BCUT2D eigenvalue weighted by Gasteiger charge is 2.30. The first kappa shape index (κ1) is 29.1. The van der Waals surface area contributed by atoms with E-state index in [2.05, 4.69) is 41.5 Å². The molecular weight excluding hydrogens is 383 g/mol. The van der Waals surface area contributed by atoms with E-state index in [1.807, 2.05) is 0 Å². The largest absolute Gasteiger partial charge is 0.474 e. The minimum atomic E-state index is -3.52. The summed E-state index contributed by atoms with van der Waals surface area (Å²) in [6, 6.07) is 0. The number of hydrogen-bond donors (Lipinski definition) is 0. The Morgan fingerprint density at radius 2 is 0.828 bits per heavy atom. The summed E-state index contributed by atoms with van der Waals surface area (Å²) < 4.78 is 31.1. The molecule has 0 aliphatic rings. The zero-order chi connectivity index (χ0) is 22.0. The van der Waals surface area contributed by atoms with E-state index >= 15 is 0 Å². The van der Waals surface area contributed by atoms with Crippen LogP contribution in [0, 0.1) is 17.8 Å². The van der Waals surface area contributed by atoms with Gasteiger partial charge in [0.2, 0.25) is 0 Å². The molecule has 0 aromatic rings. The lowest BCUT2D eigenvalue weighted by Gasteiger charge is -2.25. The van der Waals surface area contributed by atoms with E-state index in [1.54, 1.807) is 0 Å². The third kappa shape index (κ3) is 14.7. The highest BCUT2D eigenvalue weighted by molar-refractivity contribution is 7.48. The van der Waals surface area contributed by atoms with Crippen molar-refractivity contribution in [3.8, 4) is 0 Å². The second-order valence-corrected chi connectivity index (χ2v) is 10.3. The molecule has 0 N–H and O–H groups in total. The van der Waals surface area contributed by atoms with Crippen molar-refractivity contribution in [3.63, 3.8) is 0 Å². The maximum absolute atomic E-state index is 13.4. The van der Waals surface area contributed by atoms with E-state index < -0.39 is 7.82 Å². The molecule has 0 spiro atoms. The fourth-order valence-corrected chi connectivity index (χ4v) is 4.80. The Hall–Kier alpha value is 0.110. The molecule has 0 saturated carbocycles. The van der Waals surface area contributed by atoms with Crippen molar-refractivity contribution >= 4 is 7.82 Å². The van der Waals surface area contributed by atoms with Gasteiger partial charge in [-0.1, -0.05) is 99.3 Å². The third-order valence-corrected chi connectivity index (χ3v) is 7.43. The van der Waals surface area contributed by atoms with Crippen LogP contribution in [-0.2, 0) is 18.1 Å². The maximum atomic E-state index is 13.4. The van der Waals surface area contributed by atoms with Crippen molar-refractivity contribution in [2.45, 2.75) is 119 Å². The van der Waals surface area contributed by atoms with Gasteiger partial charge < -0.3 is 0 Å². The van der Waals surface area contributed by atoms with E-state index in [1.165, 1.54) is 38.5 Å². The summed E-state index contributed by atoms with van der Waals surface area (Å²) in [6.45, 7) is 14.5. The minimum absolute atomic E-state index is 0.416. The quantitative estimate of drug-likeness (QED) is 0.169. The molecule has 0 saturated heterocycles. The standard InChI is InChI=1S/C24H51O4P/c1-7-13-16-22(10-4)19-26-29(25,27-20-23(11-5)17-14-8-2)28-21-24(12-6)18-15-9-3/h22-24H,7-21H2,1-6H3/t22-,23-,24-/m0/s1. The zero-order valence-corrected chi connectivity index (χ0v) is 21.3. The van der Waals surface area contributed by atoms with Crippen LogP contribution in [0.3, 0.4) is 0 Å². The van der Waals surface area contributed by atoms with Crippen molar-refractivity contribution in [3.05, 3.63) is 0 Å². The number of phosphoric ester groups is 1. The second-order valence-electron chi connectivity index (χ2n) is 8.58. The Morgan fingerprint density at radius 3 is 1.03 bits per heavy atom. The van der Waals surface area contributed by atoms with Gasteiger partial charge in [-0.3, -0.25) is 13.6 Å². The molecule has 0 amide bonds. The second kappa shape index (κ2) is 18.8. The molecule has 0 radical (unpaired) electrons. The predicted molar refractivity (Wildman–Crippen MR) is 125 cm³/mol. The average Bonchev–Trinajstić information content (AvgIpc) is 2.74. The van der Waals surface area contributed by atoms with Crippen LogP contribution in [0.4, 0.5) is 0 Å². The van der Waals surface area contributed by atoms with Gasteiger partial charge in [0.25, 0.3) is 0 Å². The van der Waals surface area contributed by atoms with Crippen molar-refractivity contribution in [2.75, 3.05) is 19.8 Å². The van der Waals surface area contributed by atoms with Crippen molar-refractivity contribution in [1.82, 2.24) is 0 Å². The SMILES string of the molecule is CCCC[C@H](CC)COP(=O)(OC[C@@H](CC)CCCC)OC[C@@H](CC)CCCC. The minimum Gasteiger partial charge on any atom is -0.287 e. The highest BCUT2D eigenvalue weighted by Crippen LogP contribution is 2.51. The summed E-state index contributed by atoms with van der Waals surface area (Å²) in [6.07, 6.45) is 13.5. The van der Waals surface area contributed by atoms with Crippen LogP contribution in [0.15, 0.2) is 0 Å². The van der Waals surface area contributed by atoms with Gasteiger partial charge in [-0.05, 0) is 37.0 Å². The third-order valence-electron chi connectivity index (χ3n) is 6.03. The Morgan fingerprint density at radius 1 is 0.552 bits per heavy atom. The maximum Gasteiger partial charge on any atom is 0.474 e. The van der Waals surface area contributed by atoms with Crippen LogP contribution in [-0.4, -0.2) is 19.8 Å². The summed E-state index contributed by atoms with van der Waals surface area (Å²) in [5.74, 6) is 1.25. The molecule has 0 aliphatic heterocycles. The fraction of sp³-hybridized carbons (Fsp3) is 1.00. The van der Waals surface area contributed by atoms with Gasteiger partial charge >= 0.3 is 7.82 Å². The Kier molecular flexibility index (Phi) is 18.9. The zero-order valence-electron chi connectivity index (χ0n) is 20.4. The van der Waals surface area contributed by atoms with E-state index in [0.717, 1.165) is 38.5 Å². The smallest absolute Gasteiger partial charge is 0.287 e. The van der Waals surface area contributed by atoms with Crippen LogP contribution >= 0.6 is 7.82 Å². The van der Waals surface area contributed by atoms with Crippen LogP contribution in [0.25, 0.3) is 0 Å². The Labute approximate surface area is 182 Å². The first-order valence-electron chi connectivity index (χ1n) is 12.5. The van der Waals surface area contributed by atoms with Crippen molar-refractivity contribution < 1.29 is 18.1 Å². The van der Waals surface area contributed by atoms with Gasteiger partial charge in [-0.15, -0.1) is 0 Å². The van der Waals surface area contributed by atoms with Gasteiger partial charge in [0.15, 0.2) is 0 Å². The number of unbranched alkanes of at least 4 members (excludes halogenated alkanes) is 3. The van der Waals surface area contributed by atoms with Crippen LogP contribution in [0.5, 0.6) is 0 Å². The summed E-state index contributed by atoms with van der Waals surface area (Å²) in [7, 11) is -3.52. The summed E-state index contributed by atoms with van der Waals surface area (Å²) in [4.78, 5) is 0. The monoisotopic (exact) mass is 434 g/mol. The molecule has 0 aromatic carbocycles. The fourth-order valence-electron chi connectivity index (χ4n) is 3.40. The van der Waals surface area contributed by atoms with E-state index in [0.29, 0.717) is 37.6 Å². The normalized spacial score (nSPS) is 15.4. The summed E-state index contributed by atoms with van der Waals surface area (Å²) in [5, 5.41) is 0. The molecule has 0 aromatic heterocycles. The first-order chi connectivity index (χ1) is 14.0. The molecule has 0 bridgehead atoms. The summed E-state index contributed by atoms with van der Waals surface area (Å²) >= 11 is 0. The van der Waals surface area contributed by atoms with Crippen LogP contribution in [0.2, 0.25) is 0 Å². The number of phosphoric acid groups is 1. The molecule has 0 aliphatic carbocycles. The first-order valence-corrected chi connectivity index (χ1v) is 14.0. The van der Waals surface area contributed by atoms with Gasteiger partial charge in [-0.2, -0.15) is 0 Å². The average molecular weight is 435 g/mol. The molecule has 3 atom stereocenters. The predicted octanol–water partition coefficient (Wildman–Crippen LogP) is 8.79. The molecule has 4 nitrogen and oxygen atoms in total. The topological polar surface area (TPSA) is 44.8 Å². The molecule has 29 heavy (non-hydrogen) atoms.